The molecule has 1 aromatic carbocycles. The summed E-state index contributed by atoms with van der Waals surface area (Å²) in [6.45, 7) is 0.342. The van der Waals surface area contributed by atoms with Gasteiger partial charge in [0.25, 0.3) is 0 Å². The number of halogens is 1. The van der Waals surface area contributed by atoms with Crippen molar-refractivity contribution >= 4 is 16.9 Å². The average molecular weight is 283 g/mol. The maximum atomic E-state index is 14.0. The number of rotatable bonds is 4. The van der Waals surface area contributed by atoms with Crippen LogP contribution in [0.25, 0.3) is 11.0 Å². The Morgan fingerprint density at radius 1 is 1.24 bits per heavy atom. The highest BCUT2D eigenvalue weighted by atomic mass is 19.1. The first-order valence-corrected chi connectivity index (χ1v) is 6.98. The molecular weight excluding hydrogens is 269 g/mol. The van der Waals surface area contributed by atoms with E-state index in [0.717, 1.165) is 30.0 Å². The van der Waals surface area contributed by atoms with Crippen molar-refractivity contribution in [2.24, 2.45) is 0 Å². The second-order valence-corrected chi connectivity index (χ2v) is 5.25. The molecule has 2 aromatic heterocycles. The molecule has 3 aromatic rings. The summed E-state index contributed by atoms with van der Waals surface area (Å²) in [5.41, 5.74) is 2.02. The first-order chi connectivity index (χ1) is 10.3. The molecule has 4 rings (SSSR count). The number of nitrogens with zero attached hydrogens (tertiary/aromatic N) is 3. The Morgan fingerprint density at radius 3 is 3.00 bits per heavy atom. The van der Waals surface area contributed by atoms with Crippen LogP contribution >= 0.6 is 0 Å². The van der Waals surface area contributed by atoms with Crippen molar-refractivity contribution in [2.45, 2.75) is 25.3 Å². The van der Waals surface area contributed by atoms with Gasteiger partial charge in [0.1, 0.15) is 17.5 Å². The summed E-state index contributed by atoms with van der Waals surface area (Å²) < 4.78 is 14.0. The molecule has 2 N–H and O–H groups in total. The van der Waals surface area contributed by atoms with Crippen molar-refractivity contribution in [3.63, 3.8) is 0 Å². The molecule has 1 aliphatic rings. The molecule has 6 heteroatoms. The van der Waals surface area contributed by atoms with E-state index in [0.29, 0.717) is 23.5 Å². The summed E-state index contributed by atoms with van der Waals surface area (Å²) in [6, 6.07) is 4.94. The van der Waals surface area contributed by atoms with Crippen LogP contribution in [0.3, 0.4) is 0 Å². The largest absolute Gasteiger partial charge is 0.366 e. The van der Waals surface area contributed by atoms with Crippen molar-refractivity contribution in [2.75, 3.05) is 5.32 Å². The highest BCUT2D eigenvalue weighted by Crippen LogP contribution is 2.38. The number of H-pyrrole nitrogens is 1. The minimum absolute atomic E-state index is 0.265. The van der Waals surface area contributed by atoms with Crippen LogP contribution < -0.4 is 5.32 Å². The van der Waals surface area contributed by atoms with E-state index < -0.39 is 0 Å². The summed E-state index contributed by atoms with van der Waals surface area (Å²) >= 11 is 0. The van der Waals surface area contributed by atoms with Crippen LogP contribution in [0.4, 0.5) is 10.2 Å². The van der Waals surface area contributed by atoms with Gasteiger partial charge in [-0.25, -0.2) is 19.3 Å². The third-order valence-electron chi connectivity index (χ3n) is 3.70. The molecule has 0 radical (unpaired) electrons. The van der Waals surface area contributed by atoms with Crippen LogP contribution in [-0.4, -0.2) is 19.9 Å². The fourth-order valence-electron chi connectivity index (χ4n) is 2.40. The molecule has 5 nitrogen and oxygen atoms in total. The number of aromatic amines is 1. The highest BCUT2D eigenvalue weighted by Gasteiger charge is 2.26. The standard InChI is InChI=1S/C15H14FN5/c16-11-3-4-12-14(20-8-19-12)10(11)7-18-13-5-6-17-15(21-13)9-1-2-9/h3-6,8-9H,1-2,7H2,(H,19,20)(H,17,18,21). The Hall–Kier alpha value is -2.50. The van der Waals surface area contributed by atoms with Crippen LogP contribution in [0.1, 0.15) is 30.1 Å². The van der Waals surface area contributed by atoms with Gasteiger partial charge in [0.2, 0.25) is 0 Å². The molecule has 1 fully saturated rings. The molecule has 1 saturated carbocycles. The van der Waals surface area contributed by atoms with Crippen LogP contribution in [0.5, 0.6) is 0 Å². The lowest BCUT2D eigenvalue weighted by Crippen LogP contribution is -2.06. The smallest absolute Gasteiger partial charge is 0.133 e. The molecule has 0 unspecified atom stereocenters. The average Bonchev–Trinajstić information content (AvgIpc) is 3.25. The fraction of sp³-hybridized carbons (Fsp3) is 0.267. The fourth-order valence-corrected chi connectivity index (χ4v) is 2.40. The van der Waals surface area contributed by atoms with E-state index >= 15 is 0 Å². The summed E-state index contributed by atoms with van der Waals surface area (Å²) in [7, 11) is 0. The SMILES string of the molecule is Fc1ccc2[nH]cnc2c1CNc1ccnc(C2CC2)n1. The number of hydrogen-bond acceptors (Lipinski definition) is 4. The minimum Gasteiger partial charge on any atom is -0.366 e. The van der Waals surface area contributed by atoms with Gasteiger partial charge in [-0.15, -0.1) is 0 Å². The molecule has 2 heterocycles. The van der Waals surface area contributed by atoms with E-state index in [2.05, 4.69) is 25.3 Å². The Kier molecular flexibility index (Phi) is 2.80. The van der Waals surface area contributed by atoms with Crippen molar-refractivity contribution in [1.29, 1.82) is 0 Å². The van der Waals surface area contributed by atoms with Gasteiger partial charge < -0.3 is 10.3 Å². The maximum absolute atomic E-state index is 14.0. The van der Waals surface area contributed by atoms with Crippen LogP contribution in [-0.2, 0) is 6.54 Å². The molecule has 106 valence electrons. The van der Waals surface area contributed by atoms with Crippen LogP contribution in [0.2, 0.25) is 0 Å². The molecule has 0 spiro atoms. The van der Waals surface area contributed by atoms with Crippen molar-refractivity contribution in [3.8, 4) is 0 Å². The number of imidazole rings is 1. The van der Waals surface area contributed by atoms with Gasteiger partial charge in [0.15, 0.2) is 0 Å². The third kappa shape index (κ3) is 2.33. The molecule has 0 atom stereocenters. The molecule has 21 heavy (non-hydrogen) atoms. The molecule has 1 aliphatic carbocycles. The maximum Gasteiger partial charge on any atom is 0.133 e. The van der Waals surface area contributed by atoms with Crippen molar-refractivity contribution < 1.29 is 4.39 Å². The number of hydrogen-bond donors (Lipinski definition) is 2. The van der Waals surface area contributed by atoms with Gasteiger partial charge in [0.05, 0.1) is 17.4 Å². The Morgan fingerprint density at radius 2 is 2.14 bits per heavy atom. The topological polar surface area (TPSA) is 66.5 Å². The minimum atomic E-state index is -0.265. The number of aromatic nitrogens is 4. The lowest BCUT2D eigenvalue weighted by Gasteiger charge is -2.08. The zero-order valence-corrected chi connectivity index (χ0v) is 11.3. The number of nitrogens with one attached hydrogen (secondary N) is 2. The first-order valence-electron chi connectivity index (χ1n) is 6.98. The van der Waals surface area contributed by atoms with Gasteiger partial charge in [-0.05, 0) is 31.0 Å². The monoisotopic (exact) mass is 283 g/mol. The quantitative estimate of drug-likeness (QED) is 0.772. The number of anilines is 1. The van der Waals surface area contributed by atoms with Crippen molar-refractivity contribution in [1.82, 2.24) is 19.9 Å². The van der Waals surface area contributed by atoms with E-state index in [1.54, 1.807) is 24.7 Å². The van der Waals surface area contributed by atoms with Gasteiger partial charge in [0, 0.05) is 24.2 Å². The molecule has 0 amide bonds. The van der Waals surface area contributed by atoms with Crippen LogP contribution in [0, 0.1) is 5.82 Å². The Bertz CT molecular complexity index is 794. The molecular formula is C15H14FN5. The summed E-state index contributed by atoms with van der Waals surface area (Å²) in [4.78, 5) is 15.9. The summed E-state index contributed by atoms with van der Waals surface area (Å²) in [5, 5.41) is 3.16. The van der Waals surface area contributed by atoms with Gasteiger partial charge >= 0.3 is 0 Å². The Labute approximate surface area is 120 Å². The molecule has 0 aliphatic heterocycles. The second-order valence-electron chi connectivity index (χ2n) is 5.25. The lowest BCUT2D eigenvalue weighted by molar-refractivity contribution is 0.615. The lowest BCUT2D eigenvalue weighted by atomic mass is 10.1. The molecule has 0 bridgehead atoms. The van der Waals surface area contributed by atoms with Gasteiger partial charge in [-0.1, -0.05) is 0 Å². The normalized spacial score (nSPS) is 14.5. The summed E-state index contributed by atoms with van der Waals surface area (Å²) in [6.07, 6.45) is 5.63. The van der Waals surface area contributed by atoms with E-state index in [1.807, 2.05) is 0 Å². The van der Waals surface area contributed by atoms with E-state index in [1.165, 1.54) is 6.07 Å². The predicted octanol–water partition coefficient (Wildman–Crippen LogP) is 2.98. The predicted molar refractivity (Wildman–Crippen MR) is 77.4 cm³/mol. The third-order valence-corrected chi connectivity index (χ3v) is 3.70. The van der Waals surface area contributed by atoms with E-state index in [-0.39, 0.29) is 5.82 Å². The van der Waals surface area contributed by atoms with E-state index in [9.17, 15) is 4.39 Å². The number of fused-ring (bicyclic) bond motifs is 1. The zero-order chi connectivity index (χ0) is 14.2. The molecule has 0 saturated heterocycles. The summed E-state index contributed by atoms with van der Waals surface area (Å²) in [5.74, 6) is 1.83. The second kappa shape index (κ2) is 4.80. The highest BCUT2D eigenvalue weighted by molar-refractivity contribution is 5.78. The first kappa shape index (κ1) is 12.3. The Balaban J connectivity index is 1.59. The van der Waals surface area contributed by atoms with Crippen molar-refractivity contribution in [3.05, 3.63) is 47.9 Å². The van der Waals surface area contributed by atoms with Gasteiger partial charge in [-0.3, -0.25) is 0 Å². The number of benzene rings is 1. The zero-order valence-electron chi connectivity index (χ0n) is 11.3. The van der Waals surface area contributed by atoms with E-state index in [4.69, 9.17) is 0 Å². The van der Waals surface area contributed by atoms with Gasteiger partial charge in [-0.2, -0.15) is 0 Å². The van der Waals surface area contributed by atoms with Crippen LogP contribution in [0.15, 0.2) is 30.7 Å².